The van der Waals surface area contributed by atoms with Gasteiger partial charge in [-0.25, -0.2) is 4.79 Å². The van der Waals surface area contributed by atoms with E-state index in [9.17, 15) is 9.59 Å². The molecule has 1 atom stereocenters. The lowest BCUT2D eigenvalue weighted by molar-refractivity contribution is -0.134. The largest absolute Gasteiger partial charge is 0.494 e. The topological polar surface area (TPSA) is 68.3 Å². The molecule has 2 amide bonds. The molecule has 0 bridgehead atoms. The highest BCUT2D eigenvalue weighted by atomic mass is 16.7. The predicted molar refractivity (Wildman–Crippen MR) is 125 cm³/mol. The number of hydrogen-bond donors (Lipinski definition) is 0. The quantitative estimate of drug-likeness (QED) is 0.671. The Labute approximate surface area is 192 Å². The molecule has 0 radical (unpaired) electrons. The lowest BCUT2D eigenvalue weighted by atomic mass is 9.79. The number of piperazine rings is 1. The highest BCUT2D eigenvalue weighted by molar-refractivity contribution is 6.62. The lowest BCUT2D eigenvalue weighted by Gasteiger charge is -2.40. The molecule has 0 spiro atoms. The first-order chi connectivity index (χ1) is 14.7. The third-order valence-electron chi connectivity index (χ3n) is 6.46. The molecule has 0 saturated carbocycles. The second-order valence-corrected chi connectivity index (χ2v) is 10.9. The number of amides is 2. The van der Waals surface area contributed by atoms with Crippen molar-refractivity contribution < 1.29 is 23.6 Å². The summed E-state index contributed by atoms with van der Waals surface area (Å²) in [7, 11) is -0.411. The predicted octanol–water partition coefficient (Wildman–Crippen LogP) is 3.00. The summed E-state index contributed by atoms with van der Waals surface area (Å²) >= 11 is 0. The van der Waals surface area contributed by atoms with Crippen molar-refractivity contribution in [1.29, 1.82) is 0 Å². The second kappa shape index (κ2) is 8.71. The van der Waals surface area contributed by atoms with Gasteiger partial charge in [-0.2, -0.15) is 0 Å². The molecule has 0 aliphatic carbocycles. The van der Waals surface area contributed by atoms with E-state index in [0.717, 1.165) is 11.0 Å². The van der Waals surface area contributed by atoms with E-state index in [4.69, 9.17) is 14.0 Å². The summed E-state index contributed by atoms with van der Waals surface area (Å²) in [6, 6.07) is 7.79. The molecule has 0 N–H and O–H groups in total. The van der Waals surface area contributed by atoms with Gasteiger partial charge in [0, 0.05) is 25.7 Å². The first-order valence-corrected chi connectivity index (χ1v) is 11.4. The number of carbonyl (C=O) groups excluding carboxylic acids is 2. The van der Waals surface area contributed by atoms with E-state index in [-0.39, 0.29) is 29.2 Å². The van der Waals surface area contributed by atoms with Gasteiger partial charge in [-0.1, -0.05) is 24.3 Å². The van der Waals surface area contributed by atoms with Crippen molar-refractivity contribution in [3.8, 4) is 0 Å². The molecule has 2 fully saturated rings. The lowest BCUT2D eigenvalue weighted by Crippen LogP contribution is -2.56. The van der Waals surface area contributed by atoms with E-state index >= 15 is 0 Å². The summed E-state index contributed by atoms with van der Waals surface area (Å²) < 4.78 is 17.7. The number of carbonyl (C=O) groups is 2. The molecule has 1 aromatic carbocycles. The van der Waals surface area contributed by atoms with Crippen LogP contribution in [0.1, 0.15) is 61.0 Å². The molecule has 2 aliphatic heterocycles. The molecular weight excluding hydrogens is 407 g/mol. The Balaban J connectivity index is 1.56. The zero-order chi connectivity index (χ0) is 23.9. The molecule has 2 aliphatic rings. The van der Waals surface area contributed by atoms with Crippen molar-refractivity contribution >= 4 is 24.6 Å². The van der Waals surface area contributed by atoms with Crippen molar-refractivity contribution in [2.45, 2.75) is 84.7 Å². The standard InChI is InChI=1S/C24H37BN2O5/c1-17-16-26(21(29)30-22(2,3)4)13-14-27(17)20(28)15-18-9-11-19(12-10-18)25-31-23(5,6)24(7,8)32-25/h9-12,17H,13-16H2,1-8H3. The van der Waals surface area contributed by atoms with Crippen LogP contribution in [-0.4, -0.2) is 71.4 Å². The van der Waals surface area contributed by atoms with Crippen LogP contribution < -0.4 is 5.46 Å². The van der Waals surface area contributed by atoms with Crippen molar-refractivity contribution in [3.63, 3.8) is 0 Å². The minimum atomic E-state index is -0.528. The molecular formula is C24H37BN2O5. The van der Waals surface area contributed by atoms with Crippen molar-refractivity contribution in [3.05, 3.63) is 29.8 Å². The average molecular weight is 444 g/mol. The number of rotatable bonds is 3. The van der Waals surface area contributed by atoms with Crippen LogP contribution in [0.3, 0.4) is 0 Å². The fourth-order valence-electron chi connectivity index (χ4n) is 3.87. The van der Waals surface area contributed by atoms with Crippen LogP contribution in [0, 0.1) is 0 Å². The summed E-state index contributed by atoms with van der Waals surface area (Å²) in [5.41, 5.74) is 0.587. The van der Waals surface area contributed by atoms with Crippen molar-refractivity contribution in [2.24, 2.45) is 0 Å². The molecule has 7 nitrogen and oxygen atoms in total. The smallest absolute Gasteiger partial charge is 0.444 e. The molecule has 3 rings (SSSR count). The summed E-state index contributed by atoms with van der Waals surface area (Å²) in [5, 5.41) is 0. The number of benzene rings is 1. The van der Waals surface area contributed by atoms with Crippen LogP contribution in [0.5, 0.6) is 0 Å². The summed E-state index contributed by atoms with van der Waals surface area (Å²) in [6.07, 6.45) is -0.00445. The van der Waals surface area contributed by atoms with E-state index in [0.29, 0.717) is 26.1 Å². The maximum atomic E-state index is 12.9. The van der Waals surface area contributed by atoms with Gasteiger partial charge in [0.15, 0.2) is 0 Å². The van der Waals surface area contributed by atoms with E-state index in [1.807, 2.05) is 84.6 Å². The van der Waals surface area contributed by atoms with E-state index in [2.05, 4.69) is 0 Å². The number of nitrogens with zero attached hydrogens (tertiary/aromatic N) is 2. The number of hydrogen-bond acceptors (Lipinski definition) is 5. The Morgan fingerprint density at radius 3 is 2.12 bits per heavy atom. The van der Waals surface area contributed by atoms with Gasteiger partial charge in [-0.3, -0.25) is 4.79 Å². The van der Waals surface area contributed by atoms with Gasteiger partial charge >= 0.3 is 13.2 Å². The molecule has 2 heterocycles. The van der Waals surface area contributed by atoms with Gasteiger partial charge in [0.1, 0.15) is 5.60 Å². The van der Waals surface area contributed by atoms with Crippen molar-refractivity contribution in [1.82, 2.24) is 9.80 Å². The zero-order valence-corrected chi connectivity index (χ0v) is 20.7. The summed E-state index contributed by atoms with van der Waals surface area (Å²) in [6.45, 7) is 17.1. The number of ether oxygens (including phenoxy) is 1. The normalized spacial score (nSPS) is 22.8. The molecule has 176 valence electrons. The molecule has 1 aromatic rings. The van der Waals surface area contributed by atoms with Gasteiger partial charge in [0.2, 0.25) is 5.91 Å². The monoisotopic (exact) mass is 444 g/mol. The van der Waals surface area contributed by atoms with Crippen LogP contribution in [-0.2, 0) is 25.3 Å². The van der Waals surface area contributed by atoms with E-state index in [1.54, 1.807) is 4.90 Å². The van der Waals surface area contributed by atoms with Gasteiger partial charge in [0.05, 0.1) is 17.6 Å². The summed E-state index contributed by atoms with van der Waals surface area (Å²) in [5.74, 6) is 0.0599. The average Bonchev–Trinajstić information content (AvgIpc) is 2.88. The Morgan fingerprint density at radius 1 is 1.06 bits per heavy atom. The third-order valence-corrected chi connectivity index (χ3v) is 6.46. The SMILES string of the molecule is CC1CN(C(=O)OC(C)(C)C)CCN1C(=O)Cc1ccc(B2OC(C)(C)C(C)(C)O2)cc1. The highest BCUT2D eigenvalue weighted by Gasteiger charge is 2.51. The van der Waals surface area contributed by atoms with Crippen LogP contribution in [0.15, 0.2) is 24.3 Å². The molecule has 1 unspecified atom stereocenters. The van der Waals surface area contributed by atoms with Crippen molar-refractivity contribution in [2.75, 3.05) is 19.6 Å². The van der Waals surface area contributed by atoms with E-state index < -0.39 is 12.7 Å². The molecule has 2 saturated heterocycles. The Kier molecular flexibility index (Phi) is 6.69. The maximum Gasteiger partial charge on any atom is 0.494 e. The van der Waals surface area contributed by atoms with Crippen LogP contribution >= 0.6 is 0 Å². The maximum absolute atomic E-state index is 12.9. The zero-order valence-electron chi connectivity index (χ0n) is 20.7. The Bertz CT molecular complexity index is 831. The van der Waals surface area contributed by atoms with Crippen LogP contribution in [0.4, 0.5) is 4.79 Å². The first-order valence-electron chi connectivity index (χ1n) is 11.4. The van der Waals surface area contributed by atoms with E-state index in [1.165, 1.54) is 0 Å². The fourth-order valence-corrected chi connectivity index (χ4v) is 3.87. The van der Waals surface area contributed by atoms with Gasteiger partial charge in [-0.05, 0) is 66.4 Å². The molecule has 8 heteroatoms. The third kappa shape index (κ3) is 5.46. The summed E-state index contributed by atoms with van der Waals surface area (Å²) in [4.78, 5) is 28.8. The minimum absolute atomic E-state index is 0.0599. The highest BCUT2D eigenvalue weighted by Crippen LogP contribution is 2.36. The van der Waals surface area contributed by atoms with Gasteiger partial charge < -0.3 is 23.8 Å². The molecule has 32 heavy (non-hydrogen) atoms. The second-order valence-electron chi connectivity index (χ2n) is 10.9. The van der Waals surface area contributed by atoms with Crippen LogP contribution in [0.2, 0.25) is 0 Å². The fraction of sp³-hybridized carbons (Fsp3) is 0.667. The van der Waals surface area contributed by atoms with Gasteiger partial charge in [0.25, 0.3) is 0 Å². The molecule has 0 aromatic heterocycles. The Morgan fingerprint density at radius 2 is 1.62 bits per heavy atom. The van der Waals surface area contributed by atoms with Crippen LogP contribution in [0.25, 0.3) is 0 Å². The minimum Gasteiger partial charge on any atom is -0.444 e. The van der Waals surface area contributed by atoms with Gasteiger partial charge in [-0.15, -0.1) is 0 Å². The Hall–Kier alpha value is -2.06. The first kappa shape index (κ1) is 24.6.